The van der Waals surface area contributed by atoms with Gasteiger partial charge in [0.25, 0.3) is 5.91 Å². The third-order valence-electron chi connectivity index (χ3n) is 3.38. The summed E-state index contributed by atoms with van der Waals surface area (Å²) in [7, 11) is 4.14. The molecule has 0 heterocycles. The highest BCUT2D eigenvalue weighted by Gasteiger charge is 2.31. The van der Waals surface area contributed by atoms with E-state index in [-0.39, 0.29) is 17.2 Å². The number of amides is 1. The van der Waals surface area contributed by atoms with Crippen LogP contribution in [0.4, 0.5) is 13.2 Å². The smallest absolute Gasteiger partial charge is 0.406 e. The maximum atomic E-state index is 12.1. The van der Waals surface area contributed by atoms with Gasteiger partial charge in [0.2, 0.25) is 0 Å². The Labute approximate surface area is 144 Å². The first-order valence-corrected chi connectivity index (χ1v) is 7.74. The summed E-state index contributed by atoms with van der Waals surface area (Å²) in [6.07, 6.45) is -4.75. The molecule has 0 atom stereocenters. The van der Waals surface area contributed by atoms with E-state index in [0.29, 0.717) is 6.54 Å². The van der Waals surface area contributed by atoms with Gasteiger partial charge in [-0.25, -0.2) is 0 Å². The van der Waals surface area contributed by atoms with Crippen molar-refractivity contribution in [3.63, 3.8) is 0 Å². The lowest BCUT2D eigenvalue weighted by atomic mass is 10.1. The van der Waals surface area contributed by atoms with Gasteiger partial charge in [0.15, 0.2) is 0 Å². The summed E-state index contributed by atoms with van der Waals surface area (Å²) in [5.41, 5.74) is 2.42. The first-order chi connectivity index (χ1) is 11.7. The van der Waals surface area contributed by atoms with Crippen LogP contribution in [0.1, 0.15) is 21.5 Å². The van der Waals surface area contributed by atoms with Gasteiger partial charge in [0.1, 0.15) is 12.3 Å². The number of hydrogen-bond donors (Lipinski definition) is 2. The standard InChI is InChI=1S/C18H19F3N2O2/c1-23(2)12-14-5-3-13(4-6-14)11-22-17(24)15-7-9-16(10-8-15)25-18(19,20)21/h3-10H,11-12H2,1-2H3,(H,22,24)/p+1. The lowest BCUT2D eigenvalue weighted by Crippen LogP contribution is -3.04. The summed E-state index contributed by atoms with van der Waals surface area (Å²) >= 11 is 0. The molecule has 0 radical (unpaired) electrons. The summed E-state index contributed by atoms with van der Waals surface area (Å²) in [5.74, 6) is -0.719. The zero-order valence-electron chi connectivity index (χ0n) is 14.0. The molecule has 2 aromatic carbocycles. The minimum atomic E-state index is -4.75. The molecule has 1 amide bonds. The number of rotatable bonds is 6. The molecule has 0 aliphatic rings. The first-order valence-electron chi connectivity index (χ1n) is 7.74. The van der Waals surface area contributed by atoms with Gasteiger partial charge in [-0.2, -0.15) is 0 Å². The van der Waals surface area contributed by atoms with Crippen molar-refractivity contribution >= 4 is 5.91 Å². The second-order valence-corrected chi connectivity index (χ2v) is 5.96. The Kier molecular flexibility index (Phi) is 6.03. The molecule has 0 aliphatic heterocycles. The van der Waals surface area contributed by atoms with Gasteiger partial charge in [-0.3, -0.25) is 4.79 Å². The Balaban J connectivity index is 1.89. The topological polar surface area (TPSA) is 42.8 Å². The monoisotopic (exact) mass is 353 g/mol. The van der Waals surface area contributed by atoms with Crippen molar-refractivity contribution in [2.24, 2.45) is 0 Å². The van der Waals surface area contributed by atoms with Crippen LogP contribution in [0, 0.1) is 0 Å². The Morgan fingerprint density at radius 2 is 1.56 bits per heavy atom. The average molecular weight is 353 g/mol. The van der Waals surface area contributed by atoms with Gasteiger partial charge in [0, 0.05) is 17.7 Å². The third-order valence-corrected chi connectivity index (χ3v) is 3.38. The molecule has 2 N–H and O–H groups in total. The Bertz CT molecular complexity index is 696. The van der Waals surface area contributed by atoms with Crippen molar-refractivity contribution < 1.29 is 27.6 Å². The molecule has 0 aliphatic carbocycles. The predicted octanol–water partition coefficient (Wildman–Crippen LogP) is 2.16. The zero-order valence-corrected chi connectivity index (χ0v) is 14.0. The lowest BCUT2D eigenvalue weighted by Gasteiger charge is -2.10. The molecule has 0 bridgehead atoms. The van der Waals surface area contributed by atoms with Crippen molar-refractivity contribution in [3.05, 3.63) is 65.2 Å². The van der Waals surface area contributed by atoms with Crippen LogP contribution in [0.15, 0.2) is 48.5 Å². The molecule has 0 fully saturated rings. The number of quaternary nitrogens is 1. The van der Waals surface area contributed by atoms with Crippen molar-refractivity contribution in [1.82, 2.24) is 5.32 Å². The van der Waals surface area contributed by atoms with E-state index in [4.69, 9.17) is 0 Å². The zero-order chi connectivity index (χ0) is 18.4. The maximum absolute atomic E-state index is 12.1. The number of nitrogens with one attached hydrogen (secondary N) is 2. The minimum absolute atomic E-state index is 0.266. The van der Waals surface area contributed by atoms with E-state index < -0.39 is 6.36 Å². The van der Waals surface area contributed by atoms with Crippen LogP contribution >= 0.6 is 0 Å². The van der Waals surface area contributed by atoms with Crippen LogP contribution < -0.4 is 15.0 Å². The van der Waals surface area contributed by atoms with E-state index in [1.807, 2.05) is 24.3 Å². The Morgan fingerprint density at radius 3 is 2.08 bits per heavy atom. The van der Waals surface area contributed by atoms with E-state index in [0.717, 1.165) is 24.2 Å². The molecule has 0 spiro atoms. The van der Waals surface area contributed by atoms with Crippen molar-refractivity contribution in [1.29, 1.82) is 0 Å². The molecular formula is C18H20F3N2O2+. The summed E-state index contributed by atoms with van der Waals surface area (Å²) in [5, 5.41) is 2.74. The molecule has 7 heteroatoms. The molecular weight excluding hydrogens is 333 g/mol. The molecule has 2 rings (SSSR count). The largest absolute Gasteiger partial charge is 0.573 e. The van der Waals surface area contributed by atoms with E-state index in [1.165, 1.54) is 22.6 Å². The van der Waals surface area contributed by atoms with Crippen LogP contribution in [-0.2, 0) is 13.1 Å². The van der Waals surface area contributed by atoms with E-state index >= 15 is 0 Å². The second kappa shape index (κ2) is 8.02. The SMILES string of the molecule is C[NH+](C)Cc1ccc(CNC(=O)c2ccc(OC(F)(F)F)cc2)cc1. The molecule has 4 nitrogen and oxygen atoms in total. The quantitative estimate of drug-likeness (QED) is 0.836. The first kappa shape index (κ1) is 18.8. The van der Waals surface area contributed by atoms with Crippen molar-refractivity contribution in [2.45, 2.75) is 19.5 Å². The maximum Gasteiger partial charge on any atom is 0.573 e. The molecule has 0 aromatic heterocycles. The number of hydrogen-bond acceptors (Lipinski definition) is 2. The number of halogens is 3. The van der Waals surface area contributed by atoms with Crippen molar-refractivity contribution in [3.8, 4) is 5.75 Å². The molecule has 134 valence electrons. The molecule has 0 saturated heterocycles. The molecule has 0 saturated carbocycles. The van der Waals surface area contributed by atoms with Crippen LogP contribution in [-0.4, -0.2) is 26.4 Å². The number of alkyl halides is 3. The van der Waals surface area contributed by atoms with Gasteiger partial charge >= 0.3 is 6.36 Å². The van der Waals surface area contributed by atoms with Crippen LogP contribution in [0.5, 0.6) is 5.75 Å². The second-order valence-electron chi connectivity index (χ2n) is 5.96. The Morgan fingerprint density at radius 1 is 1.00 bits per heavy atom. The molecule has 25 heavy (non-hydrogen) atoms. The number of carbonyl (C=O) groups excluding carboxylic acids is 1. The fourth-order valence-corrected chi connectivity index (χ4v) is 2.28. The highest BCUT2D eigenvalue weighted by atomic mass is 19.4. The highest BCUT2D eigenvalue weighted by Crippen LogP contribution is 2.22. The van der Waals surface area contributed by atoms with E-state index in [2.05, 4.69) is 24.1 Å². The van der Waals surface area contributed by atoms with Gasteiger partial charge in [0.05, 0.1) is 14.1 Å². The summed E-state index contributed by atoms with van der Waals surface area (Å²) in [6, 6.07) is 12.7. The molecule has 2 aromatic rings. The van der Waals surface area contributed by atoms with Crippen LogP contribution in [0.3, 0.4) is 0 Å². The van der Waals surface area contributed by atoms with Gasteiger partial charge < -0.3 is 15.0 Å². The van der Waals surface area contributed by atoms with Crippen molar-refractivity contribution in [2.75, 3.05) is 14.1 Å². The highest BCUT2D eigenvalue weighted by molar-refractivity contribution is 5.94. The predicted molar refractivity (Wildman–Crippen MR) is 87.3 cm³/mol. The van der Waals surface area contributed by atoms with Gasteiger partial charge in [-0.1, -0.05) is 24.3 Å². The normalized spacial score (nSPS) is 11.4. The summed E-state index contributed by atoms with van der Waals surface area (Å²) in [6.45, 7) is 1.26. The summed E-state index contributed by atoms with van der Waals surface area (Å²) < 4.78 is 40.1. The number of ether oxygens (including phenoxy) is 1. The summed E-state index contributed by atoms with van der Waals surface area (Å²) in [4.78, 5) is 13.4. The fraction of sp³-hybridized carbons (Fsp3) is 0.278. The average Bonchev–Trinajstić information content (AvgIpc) is 2.52. The Hall–Kier alpha value is -2.54. The molecule has 0 unspecified atom stereocenters. The minimum Gasteiger partial charge on any atom is -0.406 e. The lowest BCUT2D eigenvalue weighted by molar-refractivity contribution is -0.872. The third kappa shape index (κ3) is 6.46. The van der Waals surface area contributed by atoms with E-state index in [1.54, 1.807) is 0 Å². The number of carbonyl (C=O) groups is 1. The van der Waals surface area contributed by atoms with Crippen LogP contribution in [0.2, 0.25) is 0 Å². The van der Waals surface area contributed by atoms with Gasteiger partial charge in [-0.15, -0.1) is 13.2 Å². The fourth-order valence-electron chi connectivity index (χ4n) is 2.28. The van der Waals surface area contributed by atoms with Crippen LogP contribution in [0.25, 0.3) is 0 Å². The number of benzene rings is 2. The van der Waals surface area contributed by atoms with E-state index in [9.17, 15) is 18.0 Å². The van der Waals surface area contributed by atoms with Gasteiger partial charge in [-0.05, 0) is 29.8 Å².